The lowest BCUT2D eigenvalue weighted by molar-refractivity contribution is -0.00710. The number of para-hydroxylation sites is 1. The second-order valence-corrected chi connectivity index (χ2v) is 9.44. The van der Waals surface area contributed by atoms with Crippen molar-refractivity contribution in [2.75, 3.05) is 25.0 Å². The molecule has 3 aromatic rings. The largest absolute Gasteiger partial charge is 0.487 e. The van der Waals surface area contributed by atoms with E-state index in [1.165, 1.54) is 38.1 Å². The predicted molar refractivity (Wildman–Crippen MR) is 114 cm³/mol. The molecule has 0 amide bonds. The molecule has 1 atom stereocenters. The van der Waals surface area contributed by atoms with Gasteiger partial charge in [0.1, 0.15) is 17.4 Å². The van der Waals surface area contributed by atoms with E-state index in [2.05, 4.69) is 20.2 Å². The van der Waals surface area contributed by atoms with E-state index in [1.54, 1.807) is 18.3 Å². The molecule has 8 nitrogen and oxygen atoms in total. The van der Waals surface area contributed by atoms with Gasteiger partial charge in [-0.1, -0.05) is 12.1 Å². The fourth-order valence-corrected chi connectivity index (χ4v) is 4.76. The topological polar surface area (TPSA) is 110 Å². The highest BCUT2D eigenvalue weighted by atomic mass is 32.2. The molecule has 6 rings (SSSR count). The van der Waals surface area contributed by atoms with Gasteiger partial charge in [-0.2, -0.15) is 0 Å². The van der Waals surface area contributed by atoms with Crippen molar-refractivity contribution in [3.63, 3.8) is 0 Å². The summed E-state index contributed by atoms with van der Waals surface area (Å²) in [5.41, 5.74) is 1.42. The number of fused-ring (bicyclic) bond motifs is 4. The number of anilines is 2. The fraction of sp³-hybridized carbons (Fsp3) is 0.333. The van der Waals surface area contributed by atoms with Gasteiger partial charge < -0.3 is 10.1 Å². The number of piperidine rings is 3. The number of primary sulfonamides is 1. The Labute approximate surface area is 175 Å². The zero-order chi connectivity index (χ0) is 20.7. The number of nitrogens with zero attached hydrogens (tertiary/aromatic N) is 3. The van der Waals surface area contributed by atoms with Gasteiger partial charge in [-0.25, -0.2) is 23.5 Å². The zero-order valence-electron chi connectivity index (χ0n) is 16.4. The van der Waals surface area contributed by atoms with Crippen LogP contribution in [-0.2, 0) is 10.0 Å². The number of nitrogens with two attached hydrogens (primary N) is 1. The van der Waals surface area contributed by atoms with Crippen LogP contribution in [-0.4, -0.2) is 49.0 Å². The molecule has 3 aliphatic heterocycles. The maximum atomic E-state index is 11.4. The summed E-state index contributed by atoms with van der Waals surface area (Å²) in [5, 5.41) is 9.17. The van der Waals surface area contributed by atoms with Crippen molar-refractivity contribution in [3.05, 3.63) is 48.7 Å². The van der Waals surface area contributed by atoms with E-state index in [4.69, 9.17) is 9.88 Å². The molecule has 3 aliphatic rings. The van der Waals surface area contributed by atoms with Gasteiger partial charge in [0, 0.05) is 23.8 Å². The Hall–Kier alpha value is -2.75. The third-order valence-electron chi connectivity index (χ3n) is 5.89. The minimum absolute atomic E-state index is 0.0562. The third-order valence-corrected chi connectivity index (χ3v) is 6.82. The molecular weight excluding hydrogens is 402 g/mol. The maximum absolute atomic E-state index is 11.4. The van der Waals surface area contributed by atoms with Gasteiger partial charge in [0.25, 0.3) is 0 Å². The normalized spacial score (nSPS) is 23.4. The number of hydrogen-bond acceptors (Lipinski definition) is 7. The Morgan fingerprint density at radius 2 is 1.87 bits per heavy atom. The molecule has 0 radical (unpaired) electrons. The predicted octanol–water partition coefficient (Wildman–Crippen LogP) is 2.49. The lowest BCUT2D eigenvalue weighted by Gasteiger charge is -2.44. The maximum Gasteiger partial charge on any atom is 0.238 e. The van der Waals surface area contributed by atoms with E-state index in [0.717, 1.165) is 23.2 Å². The molecule has 4 heterocycles. The number of benzene rings is 2. The number of hydrogen-bond donors (Lipinski definition) is 2. The zero-order valence-corrected chi connectivity index (χ0v) is 17.2. The first kappa shape index (κ1) is 19.2. The summed E-state index contributed by atoms with van der Waals surface area (Å²) in [4.78, 5) is 11.6. The van der Waals surface area contributed by atoms with Crippen LogP contribution in [0.5, 0.6) is 5.75 Å². The molecule has 2 bridgehead atoms. The number of ether oxygens (including phenoxy) is 1. The monoisotopic (exact) mass is 425 g/mol. The first-order chi connectivity index (χ1) is 14.5. The van der Waals surface area contributed by atoms with E-state index < -0.39 is 10.0 Å². The van der Waals surface area contributed by atoms with E-state index in [9.17, 15) is 8.42 Å². The average molecular weight is 426 g/mol. The van der Waals surface area contributed by atoms with Crippen molar-refractivity contribution in [1.29, 1.82) is 0 Å². The highest BCUT2D eigenvalue weighted by Crippen LogP contribution is 2.33. The van der Waals surface area contributed by atoms with Crippen molar-refractivity contribution in [3.8, 4) is 5.75 Å². The molecule has 3 fully saturated rings. The minimum atomic E-state index is -3.72. The van der Waals surface area contributed by atoms with Gasteiger partial charge in [0.2, 0.25) is 16.0 Å². The second kappa shape index (κ2) is 7.50. The summed E-state index contributed by atoms with van der Waals surface area (Å²) < 4.78 is 29.2. The van der Waals surface area contributed by atoms with Gasteiger partial charge in [0.05, 0.1) is 4.90 Å². The van der Waals surface area contributed by atoms with Crippen LogP contribution in [0.3, 0.4) is 0 Å². The lowest BCUT2D eigenvalue weighted by atomic mass is 9.86. The Morgan fingerprint density at radius 3 is 2.53 bits per heavy atom. The van der Waals surface area contributed by atoms with Crippen molar-refractivity contribution in [2.45, 2.75) is 23.8 Å². The third kappa shape index (κ3) is 3.83. The van der Waals surface area contributed by atoms with Gasteiger partial charge >= 0.3 is 0 Å². The van der Waals surface area contributed by atoms with Crippen LogP contribution in [0.4, 0.5) is 11.6 Å². The van der Waals surface area contributed by atoms with Crippen LogP contribution in [0, 0.1) is 5.92 Å². The van der Waals surface area contributed by atoms with Crippen LogP contribution in [0.2, 0.25) is 0 Å². The number of nitrogens with one attached hydrogen (secondary N) is 1. The smallest absolute Gasteiger partial charge is 0.238 e. The van der Waals surface area contributed by atoms with Gasteiger partial charge in [-0.15, -0.1) is 0 Å². The Balaban J connectivity index is 1.40. The van der Waals surface area contributed by atoms with Crippen molar-refractivity contribution in [1.82, 2.24) is 14.9 Å². The quantitative estimate of drug-likeness (QED) is 0.646. The van der Waals surface area contributed by atoms with Crippen LogP contribution in [0.1, 0.15) is 12.8 Å². The minimum Gasteiger partial charge on any atom is -0.487 e. The summed E-state index contributed by atoms with van der Waals surface area (Å²) in [6.07, 6.45) is 4.32. The molecule has 2 aromatic carbocycles. The van der Waals surface area contributed by atoms with Gasteiger partial charge in [-0.3, -0.25) is 4.90 Å². The molecule has 3 saturated heterocycles. The molecule has 9 heteroatoms. The Morgan fingerprint density at radius 1 is 1.10 bits per heavy atom. The van der Waals surface area contributed by atoms with Crippen LogP contribution in [0.25, 0.3) is 10.9 Å². The highest BCUT2D eigenvalue weighted by molar-refractivity contribution is 7.89. The van der Waals surface area contributed by atoms with E-state index in [0.29, 0.717) is 17.6 Å². The molecule has 30 heavy (non-hydrogen) atoms. The van der Waals surface area contributed by atoms with Crippen molar-refractivity contribution >= 4 is 32.6 Å². The SMILES string of the molecule is NS(=O)(=O)c1ccc(Nc2ncc3cccc(OC4CN5CCC4CC5)c3n2)cc1. The fourth-order valence-electron chi connectivity index (χ4n) is 4.25. The second-order valence-electron chi connectivity index (χ2n) is 7.88. The van der Waals surface area contributed by atoms with E-state index in [-0.39, 0.29) is 11.0 Å². The van der Waals surface area contributed by atoms with Crippen molar-refractivity contribution < 1.29 is 13.2 Å². The molecule has 1 aromatic heterocycles. The van der Waals surface area contributed by atoms with Gasteiger partial charge in [-0.05, 0) is 62.2 Å². The van der Waals surface area contributed by atoms with E-state index >= 15 is 0 Å². The number of aromatic nitrogens is 2. The van der Waals surface area contributed by atoms with Crippen LogP contribution < -0.4 is 15.2 Å². The molecule has 0 aliphatic carbocycles. The molecule has 0 saturated carbocycles. The number of rotatable bonds is 5. The van der Waals surface area contributed by atoms with Crippen LogP contribution in [0.15, 0.2) is 53.6 Å². The van der Waals surface area contributed by atoms with Crippen LogP contribution >= 0.6 is 0 Å². The summed E-state index contributed by atoms with van der Waals surface area (Å²) in [6.45, 7) is 3.30. The Kier molecular flexibility index (Phi) is 4.80. The van der Waals surface area contributed by atoms with E-state index in [1.807, 2.05) is 18.2 Å². The highest BCUT2D eigenvalue weighted by Gasteiger charge is 2.35. The Bertz CT molecular complexity index is 1170. The lowest BCUT2D eigenvalue weighted by Crippen LogP contribution is -2.52. The first-order valence-electron chi connectivity index (χ1n) is 10.0. The summed E-state index contributed by atoms with van der Waals surface area (Å²) >= 11 is 0. The van der Waals surface area contributed by atoms with Crippen molar-refractivity contribution in [2.24, 2.45) is 11.1 Å². The molecule has 0 spiro atoms. The molecular formula is C21H23N5O3S. The summed E-state index contributed by atoms with van der Waals surface area (Å²) in [5.74, 6) is 1.78. The average Bonchev–Trinajstić information content (AvgIpc) is 2.75. The molecule has 3 N–H and O–H groups in total. The summed E-state index contributed by atoms with van der Waals surface area (Å²) in [7, 11) is -3.72. The standard InChI is InChI=1S/C21H23N5O3S/c22-30(27,28)17-6-4-16(5-7-17)24-21-23-12-15-2-1-3-18(20(15)25-21)29-19-13-26-10-8-14(19)9-11-26/h1-7,12,14,19H,8-11,13H2,(H2,22,27,28)(H,23,24,25). The summed E-state index contributed by atoms with van der Waals surface area (Å²) in [6, 6.07) is 12.0. The first-order valence-corrected chi connectivity index (χ1v) is 11.5. The molecule has 1 unspecified atom stereocenters. The molecule has 156 valence electrons. The number of sulfonamides is 1. The van der Waals surface area contributed by atoms with Gasteiger partial charge in [0.15, 0.2) is 0 Å².